The Morgan fingerprint density at radius 3 is 3.11 bits per heavy atom. The van der Waals surface area contributed by atoms with Gasteiger partial charge < -0.3 is 15.3 Å². The average molecular weight is 260 g/mol. The number of aliphatic hydroxyl groups is 1. The molecule has 2 atom stereocenters. The quantitative estimate of drug-likeness (QED) is 0.845. The summed E-state index contributed by atoms with van der Waals surface area (Å²) in [5, 5.41) is 12.6. The van der Waals surface area contributed by atoms with E-state index < -0.39 is 0 Å². The van der Waals surface area contributed by atoms with Gasteiger partial charge >= 0.3 is 0 Å². The van der Waals surface area contributed by atoms with E-state index in [4.69, 9.17) is 0 Å². The van der Waals surface area contributed by atoms with Crippen LogP contribution in [0, 0.1) is 5.92 Å². The standard InChI is InChI=1S/C15H20N2O2/c18-10-11-4-3-7-17(9-11)15(19)13-8-16-14-6-2-1-5-12(13)14/h1-2,5-6,11,13,16,18H,3-4,7-10H2. The molecule has 0 saturated carbocycles. The summed E-state index contributed by atoms with van der Waals surface area (Å²) in [7, 11) is 0. The number of nitrogens with one attached hydrogen (secondary N) is 1. The number of piperidine rings is 1. The van der Waals surface area contributed by atoms with Gasteiger partial charge in [-0.3, -0.25) is 4.79 Å². The molecule has 3 rings (SSSR count). The van der Waals surface area contributed by atoms with Gasteiger partial charge in [0.1, 0.15) is 0 Å². The molecule has 4 nitrogen and oxygen atoms in total. The Morgan fingerprint density at radius 2 is 2.26 bits per heavy atom. The number of aliphatic hydroxyl groups excluding tert-OH is 1. The number of nitrogens with zero attached hydrogens (tertiary/aromatic N) is 1. The normalized spacial score (nSPS) is 25.8. The molecule has 0 spiro atoms. The summed E-state index contributed by atoms with van der Waals surface area (Å²) in [6.07, 6.45) is 2.03. The third-order valence-electron chi connectivity index (χ3n) is 4.22. The Labute approximate surface area is 113 Å². The minimum absolute atomic E-state index is 0.0614. The summed E-state index contributed by atoms with van der Waals surface area (Å²) in [4.78, 5) is 14.6. The van der Waals surface area contributed by atoms with Crippen molar-refractivity contribution in [3.63, 3.8) is 0 Å². The molecule has 2 unspecified atom stereocenters. The van der Waals surface area contributed by atoms with E-state index in [9.17, 15) is 9.90 Å². The lowest BCUT2D eigenvalue weighted by Crippen LogP contribution is -2.43. The number of anilines is 1. The molecule has 2 N–H and O–H groups in total. The highest BCUT2D eigenvalue weighted by atomic mass is 16.3. The molecular formula is C15H20N2O2. The largest absolute Gasteiger partial charge is 0.396 e. The maximum Gasteiger partial charge on any atom is 0.231 e. The van der Waals surface area contributed by atoms with Gasteiger partial charge in [-0.2, -0.15) is 0 Å². The van der Waals surface area contributed by atoms with Crippen LogP contribution >= 0.6 is 0 Å². The number of likely N-dealkylation sites (tertiary alicyclic amines) is 1. The zero-order chi connectivity index (χ0) is 13.2. The number of rotatable bonds is 2. The lowest BCUT2D eigenvalue weighted by molar-refractivity contribution is -0.134. The second kappa shape index (κ2) is 5.21. The smallest absolute Gasteiger partial charge is 0.231 e. The van der Waals surface area contributed by atoms with Crippen LogP contribution in [0.3, 0.4) is 0 Å². The molecule has 102 valence electrons. The summed E-state index contributed by atoms with van der Waals surface area (Å²) in [6.45, 7) is 2.41. The Morgan fingerprint density at radius 1 is 1.42 bits per heavy atom. The van der Waals surface area contributed by atoms with E-state index in [2.05, 4.69) is 5.32 Å². The third-order valence-corrected chi connectivity index (χ3v) is 4.22. The molecule has 19 heavy (non-hydrogen) atoms. The zero-order valence-corrected chi connectivity index (χ0v) is 11.0. The molecule has 2 aliphatic rings. The maximum absolute atomic E-state index is 12.6. The summed E-state index contributed by atoms with van der Waals surface area (Å²) in [5.74, 6) is 0.395. The zero-order valence-electron chi connectivity index (χ0n) is 11.0. The van der Waals surface area contributed by atoms with E-state index in [1.807, 2.05) is 29.2 Å². The molecule has 1 fully saturated rings. The van der Waals surface area contributed by atoms with Gasteiger partial charge in [0.15, 0.2) is 0 Å². The molecule has 0 radical (unpaired) electrons. The molecule has 0 aliphatic carbocycles. The topological polar surface area (TPSA) is 52.6 Å². The highest BCUT2D eigenvalue weighted by Gasteiger charge is 2.33. The van der Waals surface area contributed by atoms with Crippen LogP contribution in [-0.4, -0.2) is 42.2 Å². The van der Waals surface area contributed by atoms with E-state index in [0.29, 0.717) is 13.1 Å². The number of fused-ring (bicyclic) bond motifs is 1. The van der Waals surface area contributed by atoms with Crippen molar-refractivity contribution < 1.29 is 9.90 Å². The van der Waals surface area contributed by atoms with Crippen LogP contribution in [0.5, 0.6) is 0 Å². The minimum atomic E-state index is -0.0614. The van der Waals surface area contributed by atoms with Crippen LogP contribution in [0.15, 0.2) is 24.3 Å². The van der Waals surface area contributed by atoms with E-state index in [-0.39, 0.29) is 24.3 Å². The van der Waals surface area contributed by atoms with Gasteiger partial charge in [-0.15, -0.1) is 0 Å². The molecule has 1 amide bonds. The summed E-state index contributed by atoms with van der Waals surface area (Å²) < 4.78 is 0. The van der Waals surface area contributed by atoms with Crippen LogP contribution in [0.25, 0.3) is 0 Å². The first-order valence-corrected chi connectivity index (χ1v) is 7.02. The lowest BCUT2D eigenvalue weighted by atomic mass is 9.95. The van der Waals surface area contributed by atoms with Crippen molar-refractivity contribution in [2.45, 2.75) is 18.8 Å². The van der Waals surface area contributed by atoms with E-state index in [0.717, 1.165) is 30.6 Å². The van der Waals surface area contributed by atoms with Gasteiger partial charge in [0.05, 0.1) is 5.92 Å². The fourth-order valence-electron chi connectivity index (χ4n) is 3.14. The van der Waals surface area contributed by atoms with Crippen molar-refractivity contribution in [3.8, 4) is 0 Å². The van der Waals surface area contributed by atoms with E-state index in [1.165, 1.54) is 0 Å². The van der Waals surface area contributed by atoms with Crippen LogP contribution in [-0.2, 0) is 4.79 Å². The van der Waals surface area contributed by atoms with Crippen molar-refractivity contribution in [1.29, 1.82) is 0 Å². The average Bonchev–Trinajstić information content (AvgIpc) is 2.90. The number of benzene rings is 1. The first-order chi connectivity index (χ1) is 9.29. The lowest BCUT2D eigenvalue weighted by Gasteiger charge is -2.33. The second-order valence-corrected chi connectivity index (χ2v) is 5.50. The van der Waals surface area contributed by atoms with E-state index in [1.54, 1.807) is 0 Å². The van der Waals surface area contributed by atoms with Gasteiger partial charge in [-0.25, -0.2) is 0 Å². The van der Waals surface area contributed by atoms with Gasteiger partial charge in [0, 0.05) is 31.9 Å². The fraction of sp³-hybridized carbons (Fsp3) is 0.533. The molecule has 0 aromatic heterocycles. The Hall–Kier alpha value is -1.55. The number of para-hydroxylation sites is 1. The van der Waals surface area contributed by atoms with Gasteiger partial charge in [-0.1, -0.05) is 18.2 Å². The highest BCUT2D eigenvalue weighted by molar-refractivity contribution is 5.88. The van der Waals surface area contributed by atoms with Gasteiger partial charge in [0.25, 0.3) is 0 Å². The van der Waals surface area contributed by atoms with Gasteiger partial charge in [0.2, 0.25) is 5.91 Å². The summed E-state index contributed by atoms with van der Waals surface area (Å²) >= 11 is 0. The van der Waals surface area contributed by atoms with Crippen molar-refractivity contribution in [1.82, 2.24) is 4.90 Å². The highest BCUT2D eigenvalue weighted by Crippen LogP contribution is 2.33. The number of carbonyl (C=O) groups is 1. The molecule has 1 saturated heterocycles. The van der Waals surface area contributed by atoms with Crippen LogP contribution in [0.4, 0.5) is 5.69 Å². The second-order valence-electron chi connectivity index (χ2n) is 5.50. The van der Waals surface area contributed by atoms with Crippen molar-refractivity contribution in [3.05, 3.63) is 29.8 Å². The maximum atomic E-state index is 12.6. The van der Waals surface area contributed by atoms with Crippen LogP contribution < -0.4 is 5.32 Å². The van der Waals surface area contributed by atoms with E-state index >= 15 is 0 Å². The number of carbonyl (C=O) groups excluding carboxylic acids is 1. The van der Waals surface area contributed by atoms with Crippen molar-refractivity contribution in [2.75, 3.05) is 31.6 Å². The molecule has 1 aromatic carbocycles. The first-order valence-electron chi connectivity index (χ1n) is 7.02. The predicted molar refractivity (Wildman–Crippen MR) is 74.1 cm³/mol. The fourth-order valence-corrected chi connectivity index (χ4v) is 3.14. The monoisotopic (exact) mass is 260 g/mol. The number of amides is 1. The van der Waals surface area contributed by atoms with Crippen LogP contribution in [0.1, 0.15) is 24.3 Å². The van der Waals surface area contributed by atoms with Crippen molar-refractivity contribution >= 4 is 11.6 Å². The predicted octanol–water partition coefficient (Wildman–Crippen LogP) is 1.43. The molecular weight excluding hydrogens is 240 g/mol. The first kappa shape index (κ1) is 12.5. The summed E-state index contributed by atoms with van der Waals surface area (Å²) in [5.41, 5.74) is 2.19. The number of hydrogen-bond acceptors (Lipinski definition) is 3. The van der Waals surface area contributed by atoms with Crippen molar-refractivity contribution in [2.24, 2.45) is 5.92 Å². The molecule has 2 heterocycles. The summed E-state index contributed by atoms with van der Waals surface area (Å²) in [6, 6.07) is 8.03. The Bertz CT molecular complexity index is 475. The molecule has 1 aromatic rings. The number of hydrogen-bond donors (Lipinski definition) is 2. The molecule has 2 aliphatic heterocycles. The SMILES string of the molecule is O=C(C1CNc2ccccc21)N1CCCC(CO)C1. The third kappa shape index (κ3) is 2.32. The molecule has 0 bridgehead atoms. The van der Waals surface area contributed by atoms with Gasteiger partial charge in [-0.05, 0) is 30.4 Å². The molecule has 4 heteroatoms. The Balaban J connectivity index is 1.75. The Kier molecular flexibility index (Phi) is 3.42. The minimum Gasteiger partial charge on any atom is -0.396 e. The van der Waals surface area contributed by atoms with Crippen LogP contribution in [0.2, 0.25) is 0 Å².